The molecule has 0 atom stereocenters. The minimum atomic E-state index is -0.978. The molecule has 0 aliphatic rings. The van der Waals surface area contributed by atoms with E-state index in [0.29, 0.717) is 13.2 Å². The van der Waals surface area contributed by atoms with E-state index in [9.17, 15) is 4.79 Å². The van der Waals surface area contributed by atoms with Crippen molar-refractivity contribution in [2.24, 2.45) is 0 Å². The molecule has 2 aromatic carbocycles. The van der Waals surface area contributed by atoms with Gasteiger partial charge in [0, 0.05) is 35.8 Å². The Balaban J connectivity index is 1.50. The SMILES string of the molecule is O=C(O)/C=C/c1scc(Cn2cccn2)c1OCCc1ccc2ccccc2c1. The van der Waals surface area contributed by atoms with E-state index in [1.165, 1.54) is 27.7 Å². The first-order chi connectivity index (χ1) is 14.2. The molecule has 0 unspecified atom stereocenters. The molecule has 2 heterocycles. The van der Waals surface area contributed by atoms with Crippen LogP contribution in [0, 0.1) is 0 Å². The first-order valence-electron chi connectivity index (χ1n) is 9.28. The van der Waals surface area contributed by atoms with Crippen LogP contribution in [-0.2, 0) is 17.8 Å². The maximum atomic E-state index is 10.9. The summed E-state index contributed by atoms with van der Waals surface area (Å²) in [7, 11) is 0. The Labute approximate surface area is 172 Å². The van der Waals surface area contributed by atoms with E-state index in [4.69, 9.17) is 9.84 Å². The standard InChI is InChI=1S/C23H20N2O3S/c26-22(27)9-8-21-23(20(16-29-21)15-25-12-3-11-24-25)28-13-10-17-6-7-18-4-1-2-5-19(18)14-17/h1-9,11-12,14,16H,10,13,15H2,(H,26,27)/b9-8+. The largest absolute Gasteiger partial charge is 0.491 e. The molecule has 2 aromatic heterocycles. The van der Waals surface area contributed by atoms with Crippen LogP contribution in [0.5, 0.6) is 5.75 Å². The summed E-state index contributed by atoms with van der Waals surface area (Å²) in [5, 5.41) is 17.6. The van der Waals surface area contributed by atoms with Crippen LogP contribution in [-0.4, -0.2) is 27.5 Å². The van der Waals surface area contributed by atoms with Crippen molar-refractivity contribution in [2.45, 2.75) is 13.0 Å². The van der Waals surface area contributed by atoms with Gasteiger partial charge in [-0.15, -0.1) is 11.3 Å². The van der Waals surface area contributed by atoms with Crippen LogP contribution < -0.4 is 4.74 Å². The molecule has 0 amide bonds. The lowest BCUT2D eigenvalue weighted by Crippen LogP contribution is -2.05. The third-order valence-electron chi connectivity index (χ3n) is 4.56. The summed E-state index contributed by atoms with van der Waals surface area (Å²) in [5.74, 6) is -0.252. The van der Waals surface area contributed by atoms with Crippen molar-refractivity contribution in [1.82, 2.24) is 9.78 Å². The fourth-order valence-corrected chi connectivity index (χ4v) is 4.06. The molecule has 0 radical (unpaired) electrons. The van der Waals surface area contributed by atoms with E-state index in [2.05, 4.69) is 35.4 Å². The number of hydrogen-bond donors (Lipinski definition) is 1. The summed E-state index contributed by atoms with van der Waals surface area (Å²) in [5.41, 5.74) is 2.19. The first kappa shape index (κ1) is 19.0. The normalized spacial score (nSPS) is 11.3. The quantitative estimate of drug-likeness (QED) is 0.426. The molecule has 4 rings (SSSR count). The van der Waals surface area contributed by atoms with Crippen molar-refractivity contribution in [2.75, 3.05) is 6.61 Å². The highest BCUT2D eigenvalue weighted by molar-refractivity contribution is 7.11. The number of aromatic nitrogens is 2. The Kier molecular flexibility index (Phi) is 5.72. The minimum absolute atomic E-state index is 0.509. The van der Waals surface area contributed by atoms with Crippen LogP contribution in [0.15, 0.2) is 72.4 Å². The summed E-state index contributed by atoms with van der Waals surface area (Å²) < 4.78 is 7.95. The fraction of sp³-hybridized carbons (Fsp3) is 0.130. The molecule has 0 fully saturated rings. The van der Waals surface area contributed by atoms with E-state index < -0.39 is 5.97 Å². The highest BCUT2D eigenvalue weighted by atomic mass is 32.1. The monoisotopic (exact) mass is 404 g/mol. The van der Waals surface area contributed by atoms with E-state index in [0.717, 1.165) is 28.7 Å². The summed E-state index contributed by atoms with van der Waals surface area (Å²) in [4.78, 5) is 11.7. The number of carbonyl (C=O) groups is 1. The molecule has 0 spiro atoms. The molecule has 0 saturated heterocycles. The number of hydrogen-bond acceptors (Lipinski definition) is 4. The average molecular weight is 404 g/mol. The summed E-state index contributed by atoms with van der Waals surface area (Å²) >= 11 is 1.47. The number of nitrogens with zero attached hydrogens (tertiary/aromatic N) is 2. The topological polar surface area (TPSA) is 64.3 Å². The van der Waals surface area contributed by atoms with Crippen LogP contribution in [0.1, 0.15) is 16.0 Å². The van der Waals surface area contributed by atoms with Gasteiger partial charge in [-0.05, 0) is 28.5 Å². The van der Waals surface area contributed by atoms with Gasteiger partial charge in [-0.25, -0.2) is 4.79 Å². The molecule has 146 valence electrons. The number of fused-ring (bicyclic) bond motifs is 1. The lowest BCUT2D eigenvalue weighted by molar-refractivity contribution is -0.131. The van der Waals surface area contributed by atoms with Gasteiger partial charge in [0.1, 0.15) is 5.75 Å². The molecule has 29 heavy (non-hydrogen) atoms. The third kappa shape index (κ3) is 4.73. The van der Waals surface area contributed by atoms with Crippen molar-refractivity contribution in [3.8, 4) is 5.75 Å². The fourth-order valence-electron chi connectivity index (χ4n) is 3.17. The van der Waals surface area contributed by atoms with Crippen molar-refractivity contribution >= 4 is 34.2 Å². The predicted molar refractivity (Wildman–Crippen MR) is 115 cm³/mol. The molecule has 5 nitrogen and oxygen atoms in total. The molecule has 0 aliphatic carbocycles. The zero-order valence-corrected chi connectivity index (χ0v) is 16.5. The molecule has 0 aliphatic heterocycles. The van der Waals surface area contributed by atoms with E-state index in [1.54, 1.807) is 12.3 Å². The van der Waals surface area contributed by atoms with Gasteiger partial charge in [0.2, 0.25) is 0 Å². The highest BCUT2D eigenvalue weighted by Crippen LogP contribution is 2.33. The van der Waals surface area contributed by atoms with E-state index in [-0.39, 0.29) is 0 Å². The number of benzene rings is 2. The van der Waals surface area contributed by atoms with Gasteiger partial charge in [-0.3, -0.25) is 4.68 Å². The second-order valence-corrected chi connectivity index (χ2v) is 7.52. The smallest absolute Gasteiger partial charge is 0.328 e. The number of carboxylic acid groups (broad SMARTS) is 1. The molecular weight excluding hydrogens is 384 g/mol. The van der Waals surface area contributed by atoms with Gasteiger partial charge in [-0.1, -0.05) is 42.5 Å². The van der Waals surface area contributed by atoms with Gasteiger partial charge >= 0.3 is 5.97 Å². The van der Waals surface area contributed by atoms with Crippen molar-refractivity contribution in [3.63, 3.8) is 0 Å². The molecule has 0 saturated carbocycles. The lowest BCUT2D eigenvalue weighted by Gasteiger charge is -2.10. The Bertz CT molecular complexity index is 1150. The predicted octanol–water partition coefficient (Wildman–Crippen LogP) is 4.87. The number of carboxylic acids is 1. The number of aliphatic carboxylic acids is 1. The molecule has 0 bridgehead atoms. The Morgan fingerprint density at radius 1 is 1.17 bits per heavy atom. The van der Waals surface area contributed by atoms with Gasteiger partial charge < -0.3 is 9.84 Å². The summed E-state index contributed by atoms with van der Waals surface area (Å²) in [6.45, 7) is 1.09. The summed E-state index contributed by atoms with van der Waals surface area (Å²) in [6.07, 6.45) is 7.12. The van der Waals surface area contributed by atoms with Gasteiger partial charge in [0.15, 0.2) is 0 Å². The second kappa shape index (κ2) is 8.75. The minimum Gasteiger partial charge on any atom is -0.491 e. The molecular formula is C23H20N2O3S. The number of ether oxygens (including phenoxy) is 1. The van der Waals surface area contributed by atoms with Crippen molar-refractivity contribution in [3.05, 3.63) is 88.4 Å². The van der Waals surface area contributed by atoms with Crippen LogP contribution in [0.4, 0.5) is 0 Å². The van der Waals surface area contributed by atoms with E-state index in [1.807, 2.05) is 34.5 Å². The van der Waals surface area contributed by atoms with Gasteiger partial charge in [0.25, 0.3) is 0 Å². The van der Waals surface area contributed by atoms with Crippen LogP contribution >= 0.6 is 11.3 Å². The van der Waals surface area contributed by atoms with Crippen LogP contribution in [0.3, 0.4) is 0 Å². The zero-order chi connectivity index (χ0) is 20.1. The lowest BCUT2D eigenvalue weighted by atomic mass is 10.1. The van der Waals surface area contributed by atoms with Crippen LogP contribution in [0.2, 0.25) is 0 Å². The second-order valence-electron chi connectivity index (χ2n) is 6.61. The molecule has 6 heteroatoms. The third-order valence-corrected chi connectivity index (χ3v) is 5.54. The average Bonchev–Trinajstić information content (AvgIpc) is 3.37. The molecule has 1 N–H and O–H groups in total. The highest BCUT2D eigenvalue weighted by Gasteiger charge is 2.13. The maximum Gasteiger partial charge on any atom is 0.328 e. The van der Waals surface area contributed by atoms with Gasteiger partial charge in [0.05, 0.1) is 18.0 Å². The molecule has 4 aromatic rings. The van der Waals surface area contributed by atoms with E-state index >= 15 is 0 Å². The van der Waals surface area contributed by atoms with Crippen LogP contribution in [0.25, 0.3) is 16.8 Å². The van der Waals surface area contributed by atoms with Crippen molar-refractivity contribution < 1.29 is 14.6 Å². The Morgan fingerprint density at radius 3 is 2.83 bits per heavy atom. The number of thiophene rings is 1. The van der Waals surface area contributed by atoms with Gasteiger partial charge in [-0.2, -0.15) is 5.10 Å². The summed E-state index contributed by atoms with van der Waals surface area (Å²) in [6, 6.07) is 16.6. The maximum absolute atomic E-state index is 10.9. The Morgan fingerprint density at radius 2 is 2.03 bits per heavy atom. The zero-order valence-electron chi connectivity index (χ0n) is 15.7. The first-order valence-corrected chi connectivity index (χ1v) is 10.2. The van der Waals surface area contributed by atoms with Crippen molar-refractivity contribution in [1.29, 1.82) is 0 Å². The number of rotatable bonds is 8. The Hall–Kier alpha value is -3.38.